The fourth-order valence-electron chi connectivity index (χ4n) is 3.34. The molecule has 0 aliphatic heterocycles. The Hall–Kier alpha value is -3.41. The number of rotatable bonds is 7. The molecule has 2 aromatic carbocycles. The van der Waals surface area contributed by atoms with E-state index in [1.54, 1.807) is 24.3 Å². The summed E-state index contributed by atoms with van der Waals surface area (Å²) < 4.78 is 5.15. The van der Waals surface area contributed by atoms with Crippen LogP contribution in [-0.4, -0.2) is 24.4 Å². The first kappa shape index (κ1) is 21.3. The Kier molecular flexibility index (Phi) is 7.38. The number of nitrogens with one attached hydrogen (secondary N) is 2. The minimum Gasteiger partial charge on any atom is -0.455 e. The normalized spacial score (nSPS) is 16.4. The van der Waals surface area contributed by atoms with Crippen LogP contribution in [0.25, 0.3) is 0 Å². The zero-order chi connectivity index (χ0) is 21.3. The highest BCUT2D eigenvalue weighted by molar-refractivity contribution is 6.04. The van der Waals surface area contributed by atoms with Crippen LogP contribution in [0.4, 0.5) is 5.69 Å². The van der Waals surface area contributed by atoms with Gasteiger partial charge in [-0.05, 0) is 43.9 Å². The Morgan fingerprint density at radius 1 is 1.03 bits per heavy atom. The van der Waals surface area contributed by atoms with Gasteiger partial charge in [-0.1, -0.05) is 54.6 Å². The number of allylic oxidation sites excluding steroid dienone is 2. The highest BCUT2D eigenvalue weighted by atomic mass is 16.5. The van der Waals surface area contributed by atoms with E-state index >= 15 is 0 Å². The average molecular weight is 406 g/mol. The van der Waals surface area contributed by atoms with Gasteiger partial charge in [0.1, 0.15) is 0 Å². The Morgan fingerprint density at radius 3 is 2.50 bits per heavy atom. The van der Waals surface area contributed by atoms with E-state index in [4.69, 9.17) is 4.74 Å². The first-order valence-electron chi connectivity index (χ1n) is 10.1. The fraction of sp³-hybridized carbons (Fsp3) is 0.292. The number of para-hydroxylation sites is 1. The van der Waals surface area contributed by atoms with Gasteiger partial charge < -0.3 is 15.4 Å². The van der Waals surface area contributed by atoms with Crippen molar-refractivity contribution >= 4 is 23.5 Å². The molecule has 2 N–H and O–H groups in total. The lowest BCUT2D eigenvalue weighted by Gasteiger charge is -2.17. The van der Waals surface area contributed by atoms with Gasteiger partial charge in [-0.25, -0.2) is 0 Å². The van der Waals surface area contributed by atoms with Crippen molar-refractivity contribution in [2.45, 2.75) is 32.2 Å². The molecule has 30 heavy (non-hydrogen) atoms. The molecule has 0 aromatic heterocycles. The fourth-order valence-corrected chi connectivity index (χ4v) is 3.34. The van der Waals surface area contributed by atoms with Crippen molar-refractivity contribution in [3.05, 3.63) is 77.9 Å². The molecule has 1 aliphatic carbocycles. The molecule has 6 heteroatoms. The molecular weight excluding hydrogens is 380 g/mol. The van der Waals surface area contributed by atoms with Crippen LogP contribution in [0.15, 0.2) is 66.7 Å². The molecule has 2 amide bonds. The molecule has 0 unspecified atom stereocenters. The summed E-state index contributed by atoms with van der Waals surface area (Å²) in [5.74, 6) is -1.34. The second-order valence-electron chi connectivity index (χ2n) is 7.29. The Labute approximate surface area is 176 Å². The van der Waals surface area contributed by atoms with Gasteiger partial charge in [0.2, 0.25) is 0 Å². The minimum absolute atomic E-state index is 0.187. The van der Waals surface area contributed by atoms with Gasteiger partial charge in [-0.3, -0.25) is 14.4 Å². The van der Waals surface area contributed by atoms with E-state index in [1.165, 1.54) is 0 Å². The van der Waals surface area contributed by atoms with Crippen molar-refractivity contribution in [1.29, 1.82) is 0 Å². The first-order chi connectivity index (χ1) is 14.5. The van der Waals surface area contributed by atoms with E-state index in [0.29, 0.717) is 17.7 Å². The van der Waals surface area contributed by atoms with E-state index in [9.17, 15) is 14.4 Å². The summed E-state index contributed by atoms with van der Waals surface area (Å²) >= 11 is 0. The summed E-state index contributed by atoms with van der Waals surface area (Å²) in [4.78, 5) is 37.1. The Bertz CT molecular complexity index is 924. The third-order valence-corrected chi connectivity index (χ3v) is 5.04. The highest BCUT2D eigenvalue weighted by Crippen LogP contribution is 2.20. The maximum Gasteiger partial charge on any atom is 0.309 e. The molecule has 0 saturated carbocycles. The molecule has 0 spiro atoms. The third kappa shape index (κ3) is 5.80. The Morgan fingerprint density at radius 2 is 1.77 bits per heavy atom. The summed E-state index contributed by atoms with van der Waals surface area (Å²) in [7, 11) is 0. The molecule has 2 atom stereocenters. The summed E-state index contributed by atoms with van der Waals surface area (Å²) in [6.07, 6.45) is 6.22. The monoisotopic (exact) mass is 406 g/mol. The van der Waals surface area contributed by atoms with Crippen molar-refractivity contribution in [3.63, 3.8) is 0 Å². The lowest BCUT2D eigenvalue weighted by Crippen LogP contribution is -2.29. The van der Waals surface area contributed by atoms with Crippen LogP contribution in [-0.2, 0) is 14.3 Å². The zero-order valence-corrected chi connectivity index (χ0v) is 17.0. The standard InChI is InChI=1S/C24H26N2O4/c1-17(18-10-4-2-5-11-18)25-23(28)20-14-8-9-15-21(20)26-22(27)16-30-24(29)19-12-6-3-7-13-19/h2-6,8-11,14-15,17,19H,7,12-13,16H2,1H3,(H,25,28)(H,26,27)/t17-,19-/m0/s1. The Balaban J connectivity index is 1.57. The van der Waals surface area contributed by atoms with Gasteiger partial charge in [0, 0.05) is 0 Å². The van der Waals surface area contributed by atoms with E-state index in [-0.39, 0.29) is 30.4 Å². The van der Waals surface area contributed by atoms with Crippen LogP contribution in [0.1, 0.15) is 48.1 Å². The molecule has 0 bridgehead atoms. The molecule has 2 aromatic rings. The van der Waals surface area contributed by atoms with Gasteiger partial charge in [-0.2, -0.15) is 0 Å². The van der Waals surface area contributed by atoms with Gasteiger partial charge >= 0.3 is 5.97 Å². The molecule has 1 aliphatic rings. The highest BCUT2D eigenvalue weighted by Gasteiger charge is 2.21. The van der Waals surface area contributed by atoms with Gasteiger partial charge in [0.15, 0.2) is 6.61 Å². The van der Waals surface area contributed by atoms with Crippen molar-refractivity contribution in [1.82, 2.24) is 5.32 Å². The lowest BCUT2D eigenvalue weighted by molar-refractivity contribution is -0.151. The number of benzene rings is 2. The molecule has 0 fully saturated rings. The molecule has 0 heterocycles. The molecule has 6 nitrogen and oxygen atoms in total. The van der Waals surface area contributed by atoms with Crippen LogP contribution in [0, 0.1) is 5.92 Å². The maximum absolute atomic E-state index is 12.7. The van der Waals surface area contributed by atoms with Crippen molar-refractivity contribution in [2.75, 3.05) is 11.9 Å². The van der Waals surface area contributed by atoms with Crippen molar-refractivity contribution < 1.29 is 19.1 Å². The molecule has 0 radical (unpaired) electrons. The summed E-state index contributed by atoms with van der Waals surface area (Å²) in [6.45, 7) is 1.52. The predicted molar refractivity (Wildman–Crippen MR) is 115 cm³/mol. The summed E-state index contributed by atoms with van der Waals surface area (Å²) in [5, 5.41) is 5.61. The smallest absolute Gasteiger partial charge is 0.309 e. The zero-order valence-electron chi connectivity index (χ0n) is 17.0. The minimum atomic E-state index is -0.481. The maximum atomic E-state index is 12.7. The second kappa shape index (κ2) is 10.4. The van der Waals surface area contributed by atoms with Gasteiger partial charge in [0.25, 0.3) is 11.8 Å². The number of ether oxygens (including phenoxy) is 1. The largest absolute Gasteiger partial charge is 0.455 e. The molecule has 156 valence electrons. The summed E-state index contributed by atoms with van der Waals surface area (Å²) in [5.41, 5.74) is 1.70. The quantitative estimate of drug-likeness (QED) is 0.537. The first-order valence-corrected chi connectivity index (χ1v) is 10.1. The topological polar surface area (TPSA) is 84.5 Å². The number of esters is 1. The van der Waals surface area contributed by atoms with Crippen LogP contribution in [0.2, 0.25) is 0 Å². The number of hydrogen-bond donors (Lipinski definition) is 2. The van der Waals surface area contributed by atoms with E-state index in [2.05, 4.69) is 10.6 Å². The number of hydrogen-bond acceptors (Lipinski definition) is 4. The van der Waals surface area contributed by atoms with Crippen LogP contribution >= 0.6 is 0 Å². The lowest BCUT2D eigenvalue weighted by atomic mass is 9.95. The van der Waals surface area contributed by atoms with Gasteiger partial charge in [-0.15, -0.1) is 0 Å². The van der Waals surface area contributed by atoms with E-state index in [1.807, 2.05) is 49.4 Å². The summed E-state index contributed by atoms with van der Waals surface area (Å²) in [6, 6.07) is 16.2. The number of anilines is 1. The predicted octanol–water partition coefficient (Wildman–Crippen LogP) is 4.02. The number of amides is 2. The van der Waals surface area contributed by atoms with E-state index in [0.717, 1.165) is 18.4 Å². The number of carbonyl (C=O) groups excluding carboxylic acids is 3. The third-order valence-electron chi connectivity index (χ3n) is 5.04. The SMILES string of the molecule is C[C@H](NC(=O)c1ccccc1NC(=O)COC(=O)[C@H]1CC=CCC1)c1ccccc1. The molecular formula is C24H26N2O4. The van der Waals surface area contributed by atoms with Crippen LogP contribution in [0.3, 0.4) is 0 Å². The average Bonchev–Trinajstić information content (AvgIpc) is 2.79. The number of carbonyl (C=O) groups is 3. The molecule has 0 saturated heterocycles. The second-order valence-corrected chi connectivity index (χ2v) is 7.29. The van der Waals surface area contributed by atoms with Gasteiger partial charge in [0.05, 0.1) is 23.2 Å². The van der Waals surface area contributed by atoms with Crippen molar-refractivity contribution in [3.8, 4) is 0 Å². The van der Waals surface area contributed by atoms with E-state index < -0.39 is 5.91 Å². The van der Waals surface area contributed by atoms with Crippen molar-refractivity contribution in [2.24, 2.45) is 5.92 Å². The molecule has 3 rings (SSSR count). The van der Waals surface area contributed by atoms with Crippen LogP contribution in [0.5, 0.6) is 0 Å². The van der Waals surface area contributed by atoms with Crippen LogP contribution < -0.4 is 10.6 Å².